The second kappa shape index (κ2) is 6.31. The number of hydrogen-bond acceptors (Lipinski definition) is 4. The first-order valence-electron chi connectivity index (χ1n) is 5.96. The van der Waals surface area contributed by atoms with E-state index in [1.807, 2.05) is 35.7 Å². The van der Waals surface area contributed by atoms with Crippen molar-refractivity contribution in [1.29, 1.82) is 0 Å². The molecule has 1 aromatic carbocycles. The Morgan fingerprint density at radius 1 is 1.37 bits per heavy atom. The van der Waals surface area contributed by atoms with Gasteiger partial charge < -0.3 is 10.4 Å². The van der Waals surface area contributed by atoms with Crippen LogP contribution in [0, 0.1) is 0 Å². The molecule has 0 aliphatic carbocycles. The highest BCUT2D eigenvalue weighted by Crippen LogP contribution is 2.17. The van der Waals surface area contributed by atoms with Crippen molar-refractivity contribution in [2.75, 3.05) is 5.32 Å². The summed E-state index contributed by atoms with van der Waals surface area (Å²) in [7, 11) is 0. The summed E-state index contributed by atoms with van der Waals surface area (Å²) in [6.07, 6.45) is 2.61. The third kappa shape index (κ3) is 3.77. The Morgan fingerprint density at radius 3 is 2.89 bits per heavy atom. The summed E-state index contributed by atoms with van der Waals surface area (Å²) in [6.45, 7) is 1.72. The summed E-state index contributed by atoms with van der Waals surface area (Å²) in [5.74, 6) is -0.0193. The molecule has 0 aliphatic rings. The lowest BCUT2D eigenvalue weighted by atomic mass is 10.1. The van der Waals surface area contributed by atoms with Crippen molar-refractivity contribution in [2.24, 2.45) is 0 Å². The number of hydrogen-bond donors (Lipinski definition) is 2. The number of thiophene rings is 1. The third-order valence-corrected chi connectivity index (χ3v) is 3.50. The topological polar surface area (TPSA) is 49.3 Å². The highest BCUT2D eigenvalue weighted by atomic mass is 32.1. The highest BCUT2D eigenvalue weighted by molar-refractivity contribution is 7.12. The zero-order valence-corrected chi connectivity index (χ0v) is 11.4. The van der Waals surface area contributed by atoms with Gasteiger partial charge in [0.25, 0.3) is 0 Å². The molecule has 0 unspecified atom stereocenters. The summed E-state index contributed by atoms with van der Waals surface area (Å²) in [5, 5.41) is 14.4. The number of rotatable bonds is 5. The summed E-state index contributed by atoms with van der Waals surface area (Å²) in [6, 6.07) is 11.1. The fraction of sp³-hybridized carbons (Fsp3) is 0.133. The molecule has 2 aromatic rings. The molecule has 3 nitrogen and oxygen atoms in total. The number of aliphatic hydroxyl groups is 1. The fourth-order valence-electron chi connectivity index (χ4n) is 1.60. The van der Waals surface area contributed by atoms with Crippen molar-refractivity contribution >= 4 is 22.8 Å². The monoisotopic (exact) mass is 273 g/mol. The number of anilines is 1. The molecular formula is C15H15NO2S. The molecule has 0 amide bonds. The van der Waals surface area contributed by atoms with Crippen molar-refractivity contribution in [3.8, 4) is 0 Å². The second-order valence-electron chi connectivity index (χ2n) is 4.12. The summed E-state index contributed by atoms with van der Waals surface area (Å²) >= 11 is 1.42. The normalized spacial score (nSPS) is 12.5. The van der Waals surface area contributed by atoms with Gasteiger partial charge in [0.2, 0.25) is 0 Å². The van der Waals surface area contributed by atoms with Crippen LogP contribution in [-0.2, 0) is 0 Å². The molecule has 1 aromatic heterocycles. The van der Waals surface area contributed by atoms with Crippen LogP contribution < -0.4 is 5.32 Å². The van der Waals surface area contributed by atoms with Gasteiger partial charge in [-0.1, -0.05) is 18.2 Å². The first-order chi connectivity index (χ1) is 9.16. The summed E-state index contributed by atoms with van der Waals surface area (Å²) < 4.78 is 0. The van der Waals surface area contributed by atoms with E-state index in [-0.39, 0.29) is 5.78 Å². The van der Waals surface area contributed by atoms with Crippen LogP contribution >= 0.6 is 11.3 Å². The number of allylic oxidation sites excluding steroid dienone is 1. The largest absolute Gasteiger partial charge is 0.389 e. The van der Waals surface area contributed by atoms with Crippen molar-refractivity contribution < 1.29 is 9.90 Å². The zero-order valence-electron chi connectivity index (χ0n) is 10.5. The predicted molar refractivity (Wildman–Crippen MR) is 78.5 cm³/mol. The molecular weight excluding hydrogens is 258 g/mol. The minimum Gasteiger partial charge on any atom is -0.389 e. The Bertz CT molecular complexity index is 574. The number of benzene rings is 1. The van der Waals surface area contributed by atoms with Crippen LogP contribution in [-0.4, -0.2) is 10.9 Å². The average molecular weight is 273 g/mol. The van der Waals surface area contributed by atoms with E-state index < -0.39 is 6.10 Å². The van der Waals surface area contributed by atoms with Crippen LogP contribution in [0.15, 0.2) is 54.1 Å². The number of nitrogens with one attached hydrogen (secondary N) is 1. The van der Waals surface area contributed by atoms with E-state index in [0.29, 0.717) is 0 Å². The Hall–Kier alpha value is -1.91. The van der Waals surface area contributed by atoms with E-state index in [1.165, 1.54) is 17.4 Å². The quantitative estimate of drug-likeness (QED) is 0.646. The standard InChI is InChI=1S/C15H15NO2S/c1-11(17)12-4-2-5-13(10-12)16-8-7-14(18)15-6-3-9-19-15/h2-11,16-17H,1H3/b8-7+/t11-/m0/s1. The number of carbonyl (C=O) groups is 1. The van der Waals surface area contributed by atoms with Crippen LogP contribution in [0.5, 0.6) is 0 Å². The van der Waals surface area contributed by atoms with Gasteiger partial charge in [-0.3, -0.25) is 4.79 Å². The summed E-state index contributed by atoms with van der Waals surface area (Å²) in [5.41, 5.74) is 1.68. The summed E-state index contributed by atoms with van der Waals surface area (Å²) in [4.78, 5) is 12.4. The van der Waals surface area contributed by atoms with E-state index in [4.69, 9.17) is 0 Å². The SMILES string of the molecule is C[C@H](O)c1cccc(N/C=C/C(=O)c2cccs2)c1. The van der Waals surface area contributed by atoms with Crippen LogP contribution in [0.25, 0.3) is 0 Å². The molecule has 1 atom stereocenters. The minimum absolute atomic E-state index is 0.0193. The van der Waals surface area contributed by atoms with Crippen LogP contribution in [0.2, 0.25) is 0 Å². The van der Waals surface area contributed by atoms with Crippen molar-refractivity contribution in [2.45, 2.75) is 13.0 Å². The van der Waals surface area contributed by atoms with Crippen LogP contribution in [0.4, 0.5) is 5.69 Å². The maximum absolute atomic E-state index is 11.7. The molecule has 0 radical (unpaired) electrons. The Morgan fingerprint density at radius 2 is 2.21 bits per heavy atom. The molecule has 0 bridgehead atoms. The van der Waals surface area contributed by atoms with Gasteiger partial charge in [-0.05, 0) is 36.1 Å². The smallest absolute Gasteiger partial charge is 0.197 e. The molecule has 2 N–H and O–H groups in total. The minimum atomic E-state index is -0.501. The maximum Gasteiger partial charge on any atom is 0.197 e. The lowest BCUT2D eigenvalue weighted by molar-refractivity contribution is 0.105. The molecule has 2 rings (SSSR count). The van der Waals surface area contributed by atoms with Gasteiger partial charge in [0.1, 0.15) is 0 Å². The van der Waals surface area contributed by atoms with Crippen LogP contribution in [0.3, 0.4) is 0 Å². The van der Waals surface area contributed by atoms with E-state index in [0.717, 1.165) is 16.1 Å². The van der Waals surface area contributed by atoms with Crippen LogP contribution in [0.1, 0.15) is 28.3 Å². The molecule has 1 heterocycles. The second-order valence-corrected chi connectivity index (χ2v) is 5.07. The Balaban J connectivity index is 1.99. The molecule has 4 heteroatoms. The van der Waals surface area contributed by atoms with Gasteiger partial charge in [0.05, 0.1) is 11.0 Å². The number of carbonyl (C=O) groups excluding carboxylic acids is 1. The lowest BCUT2D eigenvalue weighted by Crippen LogP contribution is -1.95. The molecule has 98 valence electrons. The van der Waals surface area contributed by atoms with Gasteiger partial charge >= 0.3 is 0 Å². The number of ketones is 1. The predicted octanol–water partition coefficient (Wildman–Crippen LogP) is 3.61. The third-order valence-electron chi connectivity index (χ3n) is 2.62. The van der Waals surface area contributed by atoms with E-state index >= 15 is 0 Å². The van der Waals surface area contributed by atoms with Gasteiger partial charge in [0, 0.05) is 18.0 Å². The first kappa shape index (κ1) is 13.5. The van der Waals surface area contributed by atoms with Gasteiger partial charge in [-0.25, -0.2) is 0 Å². The number of aliphatic hydroxyl groups excluding tert-OH is 1. The molecule has 19 heavy (non-hydrogen) atoms. The highest BCUT2D eigenvalue weighted by Gasteiger charge is 2.02. The van der Waals surface area contributed by atoms with Crippen molar-refractivity contribution in [3.05, 3.63) is 64.5 Å². The zero-order chi connectivity index (χ0) is 13.7. The average Bonchev–Trinajstić information content (AvgIpc) is 2.93. The van der Waals surface area contributed by atoms with Gasteiger partial charge in [-0.2, -0.15) is 0 Å². The molecule has 0 fully saturated rings. The van der Waals surface area contributed by atoms with E-state index in [1.54, 1.807) is 19.2 Å². The molecule has 0 saturated carbocycles. The Kier molecular flexibility index (Phi) is 4.49. The van der Waals surface area contributed by atoms with Crippen molar-refractivity contribution in [1.82, 2.24) is 0 Å². The van der Waals surface area contributed by atoms with E-state index in [2.05, 4.69) is 5.32 Å². The molecule has 0 aliphatic heterocycles. The van der Waals surface area contributed by atoms with Crippen molar-refractivity contribution in [3.63, 3.8) is 0 Å². The maximum atomic E-state index is 11.7. The lowest BCUT2D eigenvalue weighted by Gasteiger charge is -2.07. The molecule has 0 spiro atoms. The Labute approximate surface area is 116 Å². The van der Waals surface area contributed by atoms with Gasteiger partial charge in [0.15, 0.2) is 5.78 Å². The first-order valence-corrected chi connectivity index (χ1v) is 6.84. The van der Waals surface area contributed by atoms with E-state index in [9.17, 15) is 9.90 Å². The molecule has 0 saturated heterocycles. The fourth-order valence-corrected chi connectivity index (χ4v) is 2.25. The van der Waals surface area contributed by atoms with Gasteiger partial charge in [-0.15, -0.1) is 11.3 Å².